The number of nitrogens with one attached hydrogen (secondary N) is 1. The molecule has 2 unspecified atom stereocenters. The summed E-state index contributed by atoms with van der Waals surface area (Å²) in [6.45, 7) is 4.47. The van der Waals surface area contributed by atoms with Gasteiger partial charge in [0, 0.05) is 25.2 Å². The number of anilines is 1. The van der Waals surface area contributed by atoms with Crippen LogP contribution in [0.15, 0.2) is 23.1 Å². The number of nitrogens with zero attached hydrogens (tertiary/aromatic N) is 1. The Kier molecular flexibility index (Phi) is 3.96. The third kappa shape index (κ3) is 2.88. The Balaban J connectivity index is 1.91. The number of carbonyl (C=O) groups excluding carboxylic acids is 1. The molecule has 1 aromatic rings. The number of fused-ring (bicyclic) bond motifs is 1. The molecule has 120 valence electrons. The van der Waals surface area contributed by atoms with E-state index in [-0.39, 0.29) is 23.0 Å². The first-order valence-electron chi connectivity index (χ1n) is 7.44. The molecule has 0 radical (unpaired) electrons. The Morgan fingerprint density at radius 3 is 2.55 bits per heavy atom. The molecule has 1 amide bonds. The summed E-state index contributed by atoms with van der Waals surface area (Å²) >= 11 is 0. The highest BCUT2D eigenvalue weighted by Crippen LogP contribution is 2.28. The number of hydrogen-bond donors (Lipinski definition) is 1. The summed E-state index contributed by atoms with van der Waals surface area (Å²) in [6, 6.07) is 4.91. The average molecular weight is 324 g/mol. The van der Waals surface area contributed by atoms with Crippen LogP contribution in [0, 0.1) is 0 Å². The van der Waals surface area contributed by atoms with Gasteiger partial charge in [-0.2, -0.15) is 4.31 Å². The van der Waals surface area contributed by atoms with Crippen molar-refractivity contribution in [2.24, 2.45) is 0 Å². The highest BCUT2D eigenvalue weighted by molar-refractivity contribution is 7.89. The Morgan fingerprint density at radius 2 is 1.86 bits per heavy atom. The van der Waals surface area contributed by atoms with Crippen LogP contribution in [-0.2, 0) is 26.0 Å². The Labute approximate surface area is 130 Å². The molecule has 0 saturated carbocycles. The van der Waals surface area contributed by atoms with Gasteiger partial charge in [-0.15, -0.1) is 0 Å². The van der Waals surface area contributed by atoms with Gasteiger partial charge in [0.1, 0.15) is 0 Å². The number of morpholine rings is 1. The summed E-state index contributed by atoms with van der Waals surface area (Å²) in [5.74, 6) is -0.0288. The lowest BCUT2D eigenvalue weighted by molar-refractivity contribution is -0.116. The van der Waals surface area contributed by atoms with Crippen molar-refractivity contribution in [1.29, 1.82) is 0 Å². The zero-order valence-corrected chi connectivity index (χ0v) is 13.5. The molecule has 0 aromatic heterocycles. The molecule has 0 aliphatic carbocycles. The summed E-state index contributed by atoms with van der Waals surface area (Å²) in [6.07, 6.45) is 0.730. The molecule has 6 nitrogen and oxygen atoms in total. The number of sulfonamides is 1. The molecule has 7 heteroatoms. The van der Waals surface area contributed by atoms with Crippen molar-refractivity contribution in [3.05, 3.63) is 23.8 Å². The van der Waals surface area contributed by atoms with Crippen molar-refractivity contribution < 1.29 is 17.9 Å². The van der Waals surface area contributed by atoms with Crippen molar-refractivity contribution in [2.45, 2.75) is 43.8 Å². The molecule has 2 atom stereocenters. The number of benzene rings is 1. The fourth-order valence-electron chi connectivity index (χ4n) is 3.00. The Hall–Kier alpha value is -1.44. The SMILES string of the molecule is CC1CN(S(=O)(=O)c2ccc3c(c2)CCC(=O)N3)CC(C)O1. The summed E-state index contributed by atoms with van der Waals surface area (Å²) < 4.78 is 32.7. The van der Waals surface area contributed by atoms with Gasteiger partial charge >= 0.3 is 0 Å². The maximum Gasteiger partial charge on any atom is 0.243 e. The first kappa shape index (κ1) is 15.5. The van der Waals surface area contributed by atoms with E-state index < -0.39 is 10.0 Å². The van der Waals surface area contributed by atoms with Gasteiger partial charge < -0.3 is 10.1 Å². The number of aryl methyl sites for hydroxylation is 1. The lowest BCUT2D eigenvalue weighted by atomic mass is 10.0. The largest absolute Gasteiger partial charge is 0.373 e. The first-order chi connectivity index (χ1) is 10.4. The summed E-state index contributed by atoms with van der Waals surface area (Å²) in [4.78, 5) is 11.7. The summed E-state index contributed by atoms with van der Waals surface area (Å²) in [5, 5.41) is 2.76. The highest BCUT2D eigenvalue weighted by atomic mass is 32.2. The van der Waals surface area contributed by atoms with Gasteiger partial charge in [0.25, 0.3) is 0 Å². The number of hydrogen-bond acceptors (Lipinski definition) is 4. The fraction of sp³-hybridized carbons (Fsp3) is 0.533. The van der Waals surface area contributed by atoms with Crippen molar-refractivity contribution in [3.63, 3.8) is 0 Å². The first-order valence-corrected chi connectivity index (χ1v) is 8.88. The third-order valence-corrected chi connectivity index (χ3v) is 5.82. The van der Waals surface area contributed by atoms with E-state index in [0.717, 1.165) is 5.56 Å². The molecular weight excluding hydrogens is 304 g/mol. The lowest BCUT2D eigenvalue weighted by Gasteiger charge is -2.34. The zero-order chi connectivity index (χ0) is 15.9. The number of amides is 1. The van der Waals surface area contributed by atoms with Crippen LogP contribution in [0.2, 0.25) is 0 Å². The van der Waals surface area contributed by atoms with Crippen LogP contribution in [0.3, 0.4) is 0 Å². The number of ether oxygens (including phenoxy) is 1. The topological polar surface area (TPSA) is 75.7 Å². The van der Waals surface area contributed by atoms with Crippen molar-refractivity contribution in [2.75, 3.05) is 18.4 Å². The second kappa shape index (κ2) is 5.64. The van der Waals surface area contributed by atoms with Crippen LogP contribution in [-0.4, -0.2) is 43.9 Å². The Morgan fingerprint density at radius 1 is 1.18 bits per heavy atom. The molecule has 0 spiro atoms. The van der Waals surface area contributed by atoms with E-state index >= 15 is 0 Å². The van der Waals surface area contributed by atoms with Gasteiger partial charge in [0.15, 0.2) is 0 Å². The van der Waals surface area contributed by atoms with E-state index in [1.54, 1.807) is 18.2 Å². The van der Waals surface area contributed by atoms with Gasteiger partial charge in [-0.05, 0) is 44.0 Å². The predicted molar refractivity (Wildman–Crippen MR) is 82.2 cm³/mol. The number of rotatable bonds is 2. The zero-order valence-electron chi connectivity index (χ0n) is 12.7. The minimum Gasteiger partial charge on any atom is -0.373 e. The third-order valence-electron chi connectivity index (χ3n) is 4.00. The highest BCUT2D eigenvalue weighted by Gasteiger charge is 2.32. The molecule has 2 heterocycles. The maximum atomic E-state index is 12.8. The molecule has 3 rings (SSSR count). The predicted octanol–water partition coefficient (Wildman–Crippen LogP) is 1.37. The second-order valence-electron chi connectivity index (χ2n) is 5.95. The minimum atomic E-state index is -3.53. The molecule has 2 aliphatic rings. The van der Waals surface area contributed by atoms with E-state index in [1.165, 1.54) is 4.31 Å². The van der Waals surface area contributed by atoms with Crippen LogP contribution in [0.25, 0.3) is 0 Å². The normalized spacial score (nSPS) is 26.4. The van der Waals surface area contributed by atoms with Crippen LogP contribution >= 0.6 is 0 Å². The molecule has 22 heavy (non-hydrogen) atoms. The van der Waals surface area contributed by atoms with Crippen molar-refractivity contribution in [3.8, 4) is 0 Å². The standard InChI is InChI=1S/C15H20N2O4S/c1-10-8-17(9-11(2)21-10)22(19,20)13-4-5-14-12(7-13)3-6-15(18)16-14/h4-5,7,10-11H,3,6,8-9H2,1-2H3,(H,16,18). The minimum absolute atomic E-state index is 0.0288. The van der Waals surface area contributed by atoms with Crippen molar-refractivity contribution in [1.82, 2.24) is 4.31 Å². The molecule has 1 fully saturated rings. The van der Waals surface area contributed by atoms with Gasteiger partial charge in [-0.1, -0.05) is 0 Å². The molecule has 0 bridgehead atoms. The molecular formula is C15H20N2O4S. The smallest absolute Gasteiger partial charge is 0.243 e. The van der Waals surface area contributed by atoms with E-state index in [1.807, 2.05) is 13.8 Å². The average Bonchev–Trinajstić information content (AvgIpc) is 2.45. The molecule has 1 aromatic carbocycles. The molecule has 2 aliphatic heterocycles. The molecule has 1 saturated heterocycles. The molecule has 1 N–H and O–H groups in total. The second-order valence-corrected chi connectivity index (χ2v) is 7.88. The Bertz CT molecular complexity index is 691. The van der Waals surface area contributed by atoms with Gasteiger partial charge in [0.2, 0.25) is 15.9 Å². The van der Waals surface area contributed by atoms with Gasteiger partial charge in [-0.25, -0.2) is 8.42 Å². The quantitative estimate of drug-likeness (QED) is 0.891. The fourth-order valence-corrected chi connectivity index (χ4v) is 4.64. The van der Waals surface area contributed by atoms with Crippen molar-refractivity contribution >= 4 is 21.6 Å². The number of carbonyl (C=O) groups is 1. The summed E-state index contributed by atoms with van der Waals surface area (Å²) in [5.41, 5.74) is 1.58. The van der Waals surface area contributed by atoms with E-state index in [2.05, 4.69) is 5.32 Å². The maximum absolute atomic E-state index is 12.8. The van der Waals surface area contributed by atoms with Gasteiger partial charge in [0.05, 0.1) is 17.1 Å². The van der Waals surface area contributed by atoms with Gasteiger partial charge in [-0.3, -0.25) is 4.79 Å². The van der Waals surface area contributed by atoms with Crippen LogP contribution in [0.5, 0.6) is 0 Å². The lowest BCUT2D eigenvalue weighted by Crippen LogP contribution is -2.48. The van der Waals surface area contributed by atoms with Crippen LogP contribution < -0.4 is 5.32 Å². The van der Waals surface area contributed by atoms with E-state index in [0.29, 0.717) is 31.6 Å². The van der Waals surface area contributed by atoms with E-state index in [9.17, 15) is 13.2 Å². The summed E-state index contributed by atoms with van der Waals surface area (Å²) in [7, 11) is -3.53. The van der Waals surface area contributed by atoms with Crippen LogP contribution in [0.4, 0.5) is 5.69 Å². The van der Waals surface area contributed by atoms with E-state index in [4.69, 9.17) is 4.74 Å². The van der Waals surface area contributed by atoms with Crippen LogP contribution in [0.1, 0.15) is 25.8 Å². The monoisotopic (exact) mass is 324 g/mol.